The highest BCUT2D eigenvalue weighted by Crippen LogP contribution is 2.54. The summed E-state index contributed by atoms with van der Waals surface area (Å²) in [5.74, 6) is -5.59. The third kappa shape index (κ3) is 8.69. The summed E-state index contributed by atoms with van der Waals surface area (Å²) in [7, 11) is 2.45. The normalized spacial score (nSPS) is 28.3. The van der Waals surface area contributed by atoms with Crippen LogP contribution in [-0.2, 0) is 19.1 Å². The number of likely N-dealkylation sites (tertiary alicyclic amines) is 2. The summed E-state index contributed by atoms with van der Waals surface area (Å²) in [5.41, 5.74) is 6.66. The van der Waals surface area contributed by atoms with E-state index in [9.17, 15) is 36.7 Å². The SMILES string of the molecule is COC(=O)N[C@H](C(=O)N1[C@@H]2C[C@@H]2C[C@H]1C1=NC=C(c2ccc(-c3ccc(-c4cnc([C@@H]5C[C@H]6C[C@H]6N5C(=O)[C@@H](NC(=O)OC)C5CCC(F)(F)CC5)[nH]4)cc3)cc2)C1)C1CCC(F)(F)CC1. The first-order valence-corrected chi connectivity index (χ1v) is 23.3. The van der Waals surface area contributed by atoms with E-state index in [1.807, 2.05) is 40.3 Å². The molecule has 0 radical (unpaired) electrons. The largest absolute Gasteiger partial charge is 0.453 e. The third-order valence-corrected chi connectivity index (χ3v) is 15.5. The predicted molar refractivity (Wildman–Crippen MR) is 235 cm³/mol. The number of alkyl carbamates (subject to hydrolysis) is 2. The molecule has 3 N–H and O–H groups in total. The third-order valence-electron chi connectivity index (χ3n) is 15.5. The number of amides is 4. The van der Waals surface area contributed by atoms with Gasteiger partial charge >= 0.3 is 12.2 Å². The van der Waals surface area contributed by atoms with Crippen molar-refractivity contribution in [2.24, 2.45) is 28.7 Å². The number of halogens is 4. The second-order valence-corrected chi connectivity index (χ2v) is 19.5. The Morgan fingerprint density at radius 2 is 1.12 bits per heavy atom. The number of allylic oxidation sites excluding steroid dienone is 1. The molecule has 4 amide bonds. The molecule has 0 unspecified atom stereocenters. The van der Waals surface area contributed by atoms with E-state index in [-0.39, 0.29) is 87.3 Å². The number of piperidine rings is 2. The molecule has 350 valence electrons. The molecule has 0 bridgehead atoms. The number of methoxy groups -OCH3 is 2. The number of H-pyrrole nitrogens is 1. The maximum absolute atomic E-state index is 14.3. The van der Waals surface area contributed by atoms with Gasteiger partial charge in [0.15, 0.2) is 0 Å². The van der Waals surface area contributed by atoms with Crippen LogP contribution in [0.1, 0.15) is 101 Å². The van der Waals surface area contributed by atoms with E-state index in [0.29, 0.717) is 24.1 Å². The van der Waals surface area contributed by atoms with Gasteiger partial charge in [-0.15, -0.1) is 0 Å². The van der Waals surface area contributed by atoms with Gasteiger partial charge in [-0.05, 0) is 103 Å². The lowest BCUT2D eigenvalue weighted by atomic mass is 9.81. The van der Waals surface area contributed by atoms with Crippen molar-refractivity contribution in [3.8, 4) is 22.4 Å². The number of imidazole rings is 1. The zero-order valence-electron chi connectivity index (χ0n) is 37.0. The molecule has 66 heavy (non-hydrogen) atoms. The Balaban J connectivity index is 0.777. The van der Waals surface area contributed by atoms with Gasteiger partial charge in [-0.2, -0.15) is 0 Å². The smallest absolute Gasteiger partial charge is 0.407 e. The molecular weight excluding hydrogens is 859 g/mol. The van der Waals surface area contributed by atoms with Crippen molar-refractivity contribution in [2.45, 2.75) is 132 Å². The van der Waals surface area contributed by atoms with Gasteiger partial charge < -0.3 is 34.9 Å². The first-order valence-electron chi connectivity index (χ1n) is 23.3. The van der Waals surface area contributed by atoms with Crippen LogP contribution >= 0.6 is 0 Å². The average Bonchev–Trinajstić information content (AvgIpc) is 3.90. The summed E-state index contributed by atoms with van der Waals surface area (Å²) in [6.07, 6.45) is 5.17. The number of aliphatic imine (C=N–C) groups is 1. The number of hydrogen-bond acceptors (Lipinski definition) is 8. The molecule has 3 aromatic rings. The second-order valence-electron chi connectivity index (χ2n) is 19.5. The maximum atomic E-state index is 14.3. The standard InChI is InChI=1S/C49H55F4N7O6/c1-65-46(63)57-41(30-11-15-48(50,51)16-12-30)44(61)59-37-20-32(37)22-39(59)35-19-34(24-54-35)28-5-3-26(4-6-28)27-7-9-29(10-8-27)36-25-55-43(56-36)40-23-33-21-38(33)60(40)45(62)42(58-47(64)66-2)31-13-17-49(52,53)18-14-31/h3-10,24-25,30-33,37-42H,11-23H2,1-2H3,(H,55,56)(H,57,63)(H,58,64)/t32-,33-,37-,38-,39+,40+,41+,42+/m1/s1. The van der Waals surface area contributed by atoms with Gasteiger partial charge in [-0.3, -0.25) is 14.6 Å². The number of fused-ring (bicyclic) bond motifs is 2. The van der Waals surface area contributed by atoms with E-state index in [2.05, 4.69) is 39.9 Å². The highest BCUT2D eigenvalue weighted by Gasteiger charge is 2.58. The molecule has 6 fully saturated rings. The van der Waals surface area contributed by atoms with E-state index in [4.69, 9.17) is 19.5 Å². The number of nitrogens with one attached hydrogen (secondary N) is 3. The molecule has 4 heterocycles. The maximum Gasteiger partial charge on any atom is 0.407 e. The van der Waals surface area contributed by atoms with Crippen molar-refractivity contribution in [1.29, 1.82) is 0 Å². The molecule has 8 atom stereocenters. The topological polar surface area (TPSA) is 158 Å². The van der Waals surface area contributed by atoms with Gasteiger partial charge in [0.2, 0.25) is 23.7 Å². The number of carbonyl (C=O) groups is 4. The van der Waals surface area contributed by atoms with Crippen molar-refractivity contribution < 1.29 is 46.2 Å². The van der Waals surface area contributed by atoms with Crippen LogP contribution in [0.2, 0.25) is 0 Å². The van der Waals surface area contributed by atoms with Gasteiger partial charge in [0.1, 0.15) is 17.9 Å². The van der Waals surface area contributed by atoms with Crippen molar-refractivity contribution >= 4 is 35.3 Å². The van der Waals surface area contributed by atoms with Gasteiger partial charge in [0, 0.05) is 56.1 Å². The van der Waals surface area contributed by atoms with E-state index >= 15 is 0 Å². The Labute approximate surface area is 380 Å². The number of benzene rings is 2. The second kappa shape index (κ2) is 17.2. The van der Waals surface area contributed by atoms with E-state index in [1.165, 1.54) is 14.2 Å². The minimum Gasteiger partial charge on any atom is -0.453 e. The molecule has 13 nitrogen and oxygen atoms in total. The highest BCUT2D eigenvalue weighted by molar-refractivity contribution is 6.04. The zero-order valence-corrected chi connectivity index (χ0v) is 37.0. The van der Waals surface area contributed by atoms with Gasteiger partial charge in [0.25, 0.3) is 0 Å². The van der Waals surface area contributed by atoms with Crippen molar-refractivity contribution in [3.05, 3.63) is 72.3 Å². The Hall–Kier alpha value is -5.74. The van der Waals surface area contributed by atoms with Crippen LogP contribution < -0.4 is 10.6 Å². The number of alkyl halides is 4. The number of carbonyl (C=O) groups excluding carboxylic acids is 4. The van der Waals surface area contributed by atoms with Crippen LogP contribution in [0.3, 0.4) is 0 Å². The van der Waals surface area contributed by atoms with Crippen LogP contribution in [0.15, 0.2) is 65.9 Å². The summed E-state index contributed by atoms with van der Waals surface area (Å²) in [6, 6.07) is 13.9. The Kier molecular flexibility index (Phi) is 11.5. The van der Waals surface area contributed by atoms with Crippen LogP contribution in [-0.4, -0.2) is 106 Å². The van der Waals surface area contributed by atoms with E-state index in [1.54, 1.807) is 6.20 Å². The molecule has 17 heteroatoms. The molecule has 3 aliphatic heterocycles. The molecule has 2 saturated heterocycles. The highest BCUT2D eigenvalue weighted by atomic mass is 19.3. The molecule has 7 aliphatic rings. The summed E-state index contributed by atoms with van der Waals surface area (Å²) >= 11 is 0. The minimum atomic E-state index is -2.77. The van der Waals surface area contributed by atoms with Crippen molar-refractivity contribution in [1.82, 2.24) is 30.4 Å². The molecule has 4 aliphatic carbocycles. The minimum absolute atomic E-state index is 0.0122. The van der Waals surface area contributed by atoms with Gasteiger partial charge in [-0.25, -0.2) is 32.1 Å². The number of aromatic nitrogens is 2. The van der Waals surface area contributed by atoms with Crippen molar-refractivity contribution in [2.75, 3.05) is 14.2 Å². The predicted octanol–water partition coefficient (Wildman–Crippen LogP) is 8.68. The van der Waals surface area contributed by atoms with Crippen molar-refractivity contribution in [3.63, 3.8) is 0 Å². The Bertz CT molecular complexity index is 2420. The molecular formula is C49H55F4N7O6. The summed E-state index contributed by atoms with van der Waals surface area (Å²) in [5, 5.41) is 5.38. The fourth-order valence-corrected chi connectivity index (χ4v) is 11.5. The quantitative estimate of drug-likeness (QED) is 0.163. The van der Waals surface area contributed by atoms with Gasteiger partial charge in [0.05, 0.1) is 38.2 Å². The van der Waals surface area contributed by atoms with Crippen LogP contribution in [0.5, 0.6) is 0 Å². The van der Waals surface area contributed by atoms with E-state index < -0.39 is 48.0 Å². The first-order chi connectivity index (χ1) is 31.7. The van der Waals surface area contributed by atoms with E-state index in [0.717, 1.165) is 64.9 Å². The summed E-state index contributed by atoms with van der Waals surface area (Å²) in [4.78, 5) is 69.9. The number of nitrogens with zero attached hydrogens (tertiary/aromatic N) is 4. The Morgan fingerprint density at radius 1 is 0.667 bits per heavy atom. The monoisotopic (exact) mass is 913 g/mol. The number of aromatic amines is 1. The summed E-state index contributed by atoms with van der Waals surface area (Å²) < 4.78 is 66.0. The lowest BCUT2D eigenvalue weighted by Gasteiger charge is -2.37. The number of ether oxygens (including phenoxy) is 2. The molecule has 10 rings (SSSR count). The van der Waals surface area contributed by atoms with Gasteiger partial charge in [-0.1, -0.05) is 48.5 Å². The fraction of sp³-hybridized carbons (Fsp3) is 0.551. The van der Waals surface area contributed by atoms with Crippen LogP contribution in [0.4, 0.5) is 27.2 Å². The fourth-order valence-electron chi connectivity index (χ4n) is 11.5. The van der Waals surface area contributed by atoms with Crippen LogP contribution in [0.25, 0.3) is 28.0 Å². The lowest BCUT2D eigenvalue weighted by Crippen LogP contribution is -2.56. The average molecular weight is 914 g/mol. The number of rotatable bonds is 11. The first kappa shape index (κ1) is 44.1. The molecule has 2 aromatic carbocycles. The number of hydrogen-bond donors (Lipinski definition) is 3. The lowest BCUT2D eigenvalue weighted by molar-refractivity contribution is -0.139. The Morgan fingerprint density at radius 3 is 1.62 bits per heavy atom. The summed E-state index contributed by atoms with van der Waals surface area (Å²) in [6.45, 7) is 0. The zero-order chi connectivity index (χ0) is 46.1. The molecule has 1 aromatic heterocycles. The molecule has 0 spiro atoms. The molecule has 4 saturated carbocycles. The van der Waals surface area contributed by atoms with Crippen LogP contribution in [0, 0.1) is 23.7 Å².